The van der Waals surface area contributed by atoms with E-state index in [1.165, 1.54) is 6.08 Å². The van der Waals surface area contributed by atoms with E-state index < -0.39 is 5.97 Å². The zero-order chi connectivity index (χ0) is 15.1. The van der Waals surface area contributed by atoms with E-state index in [1.807, 2.05) is 11.9 Å². The smallest absolute Gasteiger partial charge is 0.328 e. The molecule has 0 aromatic heterocycles. The standard InChI is InChI=1S/C14H17ClN2O3/c1-16-13(18)7-8-17(2)12-9-11(15)5-3-10(12)4-6-14(19)20/h3-6,9H,7-8H2,1-2H3,(H,16,18)(H,19,20)/b6-4+. The van der Waals surface area contributed by atoms with Crippen LogP contribution in [0.1, 0.15) is 12.0 Å². The normalized spacial score (nSPS) is 10.6. The molecule has 0 spiro atoms. The Balaban J connectivity index is 2.93. The summed E-state index contributed by atoms with van der Waals surface area (Å²) in [6.07, 6.45) is 2.92. The third-order valence-electron chi connectivity index (χ3n) is 2.76. The molecule has 1 rings (SSSR count). The highest BCUT2D eigenvalue weighted by Crippen LogP contribution is 2.25. The fourth-order valence-corrected chi connectivity index (χ4v) is 1.83. The molecule has 0 atom stereocenters. The molecule has 0 radical (unpaired) electrons. The molecule has 1 aromatic carbocycles. The molecule has 1 aromatic rings. The summed E-state index contributed by atoms with van der Waals surface area (Å²) in [7, 11) is 3.41. The number of nitrogens with one attached hydrogen (secondary N) is 1. The second-order valence-electron chi connectivity index (χ2n) is 4.22. The molecule has 0 bridgehead atoms. The Morgan fingerprint density at radius 3 is 2.75 bits per heavy atom. The number of nitrogens with zero attached hydrogens (tertiary/aromatic N) is 1. The number of anilines is 1. The number of carboxylic acids is 1. The zero-order valence-electron chi connectivity index (χ0n) is 11.4. The molecule has 108 valence electrons. The molecule has 1 amide bonds. The van der Waals surface area contributed by atoms with Crippen molar-refractivity contribution >= 4 is 35.2 Å². The average Bonchev–Trinajstić information content (AvgIpc) is 2.42. The fourth-order valence-electron chi connectivity index (χ4n) is 1.66. The number of carbonyl (C=O) groups excluding carboxylic acids is 1. The van der Waals surface area contributed by atoms with Crippen LogP contribution < -0.4 is 10.2 Å². The van der Waals surface area contributed by atoms with Gasteiger partial charge in [0.25, 0.3) is 0 Å². The van der Waals surface area contributed by atoms with E-state index >= 15 is 0 Å². The van der Waals surface area contributed by atoms with E-state index in [-0.39, 0.29) is 5.91 Å². The molecule has 0 aliphatic rings. The quantitative estimate of drug-likeness (QED) is 0.788. The van der Waals surface area contributed by atoms with E-state index in [0.717, 1.165) is 17.3 Å². The number of hydrogen-bond donors (Lipinski definition) is 2. The van der Waals surface area contributed by atoms with Gasteiger partial charge in [0.1, 0.15) is 0 Å². The van der Waals surface area contributed by atoms with E-state index in [0.29, 0.717) is 18.0 Å². The lowest BCUT2D eigenvalue weighted by Crippen LogP contribution is -2.26. The minimum absolute atomic E-state index is 0.0542. The number of hydrogen-bond acceptors (Lipinski definition) is 3. The van der Waals surface area contributed by atoms with E-state index in [1.54, 1.807) is 25.2 Å². The largest absolute Gasteiger partial charge is 0.478 e. The van der Waals surface area contributed by atoms with Gasteiger partial charge in [-0.1, -0.05) is 17.7 Å². The number of aliphatic carboxylic acids is 1. The van der Waals surface area contributed by atoms with Gasteiger partial charge in [-0.2, -0.15) is 0 Å². The van der Waals surface area contributed by atoms with Gasteiger partial charge >= 0.3 is 5.97 Å². The Hall–Kier alpha value is -2.01. The lowest BCUT2D eigenvalue weighted by Gasteiger charge is -2.21. The Labute approximate surface area is 122 Å². The van der Waals surface area contributed by atoms with Crippen molar-refractivity contribution in [3.05, 3.63) is 34.9 Å². The molecule has 0 saturated carbocycles. The molecule has 0 heterocycles. The van der Waals surface area contributed by atoms with Gasteiger partial charge in [0.15, 0.2) is 0 Å². The van der Waals surface area contributed by atoms with Gasteiger partial charge in [0.05, 0.1) is 0 Å². The van der Waals surface area contributed by atoms with Crippen LogP contribution in [0.2, 0.25) is 5.02 Å². The van der Waals surface area contributed by atoms with E-state index in [9.17, 15) is 9.59 Å². The number of carboxylic acid groups (broad SMARTS) is 1. The van der Waals surface area contributed by atoms with Crippen LogP contribution in [-0.4, -0.2) is 37.6 Å². The van der Waals surface area contributed by atoms with Gasteiger partial charge in [-0.3, -0.25) is 4.79 Å². The summed E-state index contributed by atoms with van der Waals surface area (Å²) in [5, 5.41) is 11.8. The maximum Gasteiger partial charge on any atom is 0.328 e. The molecule has 5 nitrogen and oxygen atoms in total. The van der Waals surface area contributed by atoms with Crippen LogP contribution >= 0.6 is 11.6 Å². The second-order valence-corrected chi connectivity index (χ2v) is 4.66. The van der Waals surface area contributed by atoms with Crippen LogP contribution in [0.3, 0.4) is 0 Å². The number of carbonyl (C=O) groups is 2. The summed E-state index contributed by atoms with van der Waals surface area (Å²) in [4.78, 5) is 23.7. The SMILES string of the molecule is CNC(=O)CCN(C)c1cc(Cl)ccc1/C=C/C(=O)O. The number of benzene rings is 1. The van der Waals surface area contributed by atoms with Gasteiger partial charge in [0, 0.05) is 43.8 Å². The summed E-state index contributed by atoms with van der Waals surface area (Å²) in [6, 6.07) is 5.18. The summed E-state index contributed by atoms with van der Waals surface area (Å²) in [6.45, 7) is 0.508. The summed E-state index contributed by atoms with van der Waals surface area (Å²) < 4.78 is 0. The van der Waals surface area contributed by atoms with Gasteiger partial charge in [-0.15, -0.1) is 0 Å². The Kier molecular flexibility index (Phi) is 6.06. The van der Waals surface area contributed by atoms with Crippen molar-refractivity contribution in [3.8, 4) is 0 Å². The van der Waals surface area contributed by atoms with Crippen molar-refractivity contribution in [2.75, 3.05) is 25.5 Å². The Morgan fingerprint density at radius 2 is 2.15 bits per heavy atom. The van der Waals surface area contributed by atoms with Gasteiger partial charge < -0.3 is 15.3 Å². The molecule has 0 aliphatic carbocycles. The van der Waals surface area contributed by atoms with Gasteiger partial charge in [0.2, 0.25) is 5.91 Å². The van der Waals surface area contributed by atoms with Crippen LogP contribution in [0.25, 0.3) is 6.08 Å². The first-order chi connectivity index (χ1) is 9.43. The van der Waals surface area contributed by atoms with Crippen LogP contribution in [-0.2, 0) is 9.59 Å². The number of amides is 1. The lowest BCUT2D eigenvalue weighted by molar-refractivity contribution is -0.131. The van der Waals surface area contributed by atoms with Gasteiger partial charge in [-0.25, -0.2) is 4.79 Å². The highest BCUT2D eigenvalue weighted by molar-refractivity contribution is 6.31. The topological polar surface area (TPSA) is 69.6 Å². The van der Waals surface area contributed by atoms with Gasteiger partial charge in [-0.05, 0) is 23.8 Å². The van der Waals surface area contributed by atoms with Crippen LogP contribution in [0.15, 0.2) is 24.3 Å². The first-order valence-electron chi connectivity index (χ1n) is 6.06. The summed E-state index contributed by atoms with van der Waals surface area (Å²) >= 11 is 5.97. The zero-order valence-corrected chi connectivity index (χ0v) is 12.1. The second kappa shape index (κ2) is 7.55. The fraction of sp³-hybridized carbons (Fsp3) is 0.286. The predicted molar refractivity (Wildman–Crippen MR) is 80.1 cm³/mol. The van der Waals surface area contributed by atoms with Crippen molar-refractivity contribution in [2.45, 2.75) is 6.42 Å². The molecule has 20 heavy (non-hydrogen) atoms. The molecule has 0 unspecified atom stereocenters. The molecule has 2 N–H and O–H groups in total. The number of rotatable bonds is 6. The van der Waals surface area contributed by atoms with Crippen LogP contribution in [0, 0.1) is 0 Å². The minimum atomic E-state index is -1.01. The Morgan fingerprint density at radius 1 is 1.45 bits per heavy atom. The lowest BCUT2D eigenvalue weighted by atomic mass is 10.1. The molecule has 0 saturated heterocycles. The van der Waals surface area contributed by atoms with E-state index in [4.69, 9.17) is 16.7 Å². The van der Waals surface area contributed by atoms with Crippen molar-refractivity contribution in [1.82, 2.24) is 5.32 Å². The highest BCUT2D eigenvalue weighted by atomic mass is 35.5. The molecular formula is C14H17ClN2O3. The maximum atomic E-state index is 11.3. The Bertz CT molecular complexity index is 529. The first kappa shape index (κ1) is 16.0. The molecular weight excluding hydrogens is 280 g/mol. The monoisotopic (exact) mass is 296 g/mol. The maximum absolute atomic E-state index is 11.3. The number of halogens is 1. The summed E-state index contributed by atoms with van der Waals surface area (Å²) in [5.41, 5.74) is 1.51. The van der Waals surface area contributed by atoms with Crippen LogP contribution in [0.4, 0.5) is 5.69 Å². The minimum Gasteiger partial charge on any atom is -0.478 e. The average molecular weight is 297 g/mol. The van der Waals surface area contributed by atoms with Crippen molar-refractivity contribution in [3.63, 3.8) is 0 Å². The van der Waals surface area contributed by atoms with Crippen molar-refractivity contribution in [2.24, 2.45) is 0 Å². The predicted octanol–water partition coefficient (Wildman–Crippen LogP) is 2.01. The third kappa shape index (κ3) is 4.93. The first-order valence-corrected chi connectivity index (χ1v) is 6.44. The van der Waals surface area contributed by atoms with Crippen molar-refractivity contribution in [1.29, 1.82) is 0 Å². The molecule has 6 heteroatoms. The highest BCUT2D eigenvalue weighted by Gasteiger charge is 2.08. The van der Waals surface area contributed by atoms with Crippen molar-refractivity contribution < 1.29 is 14.7 Å². The van der Waals surface area contributed by atoms with E-state index in [2.05, 4.69) is 5.32 Å². The molecule has 0 aliphatic heterocycles. The third-order valence-corrected chi connectivity index (χ3v) is 3.00. The summed E-state index contributed by atoms with van der Waals surface area (Å²) in [5.74, 6) is -1.07. The van der Waals surface area contributed by atoms with Crippen LogP contribution in [0.5, 0.6) is 0 Å². The molecule has 0 fully saturated rings.